The number of ether oxygens (including phenoxy) is 3. The normalized spacial score (nSPS) is 42.9. The van der Waals surface area contributed by atoms with E-state index in [-0.39, 0.29) is 19.1 Å². The topological polar surface area (TPSA) is 82.1 Å². The van der Waals surface area contributed by atoms with Gasteiger partial charge in [-0.1, -0.05) is 29.8 Å². The summed E-state index contributed by atoms with van der Waals surface area (Å²) in [6.45, 7) is 3.45. The molecule has 2 aliphatic carbocycles. The summed E-state index contributed by atoms with van der Waals surface area (Å²) in [5, 5.41) is 0. The lowest BCUT2D eigenvalue weighted by atomic mass is 9.67. The molecule has 2 aliphatic heterocycles. The number of hydrogen-bond donors (Lipinski definition) is 0. The van der Waals surface area contributed by atoms with Crippen molar-refractivity contribution >= 4 is 33.9 Å². The maximum atomic E-state index is 14.5. The summed E-state index contributed by atoms with van der Waals surface area (Å²) in [5.41, 5.74) is -1.49. The van der Waals surface area contributed by atoms with Crippen molar-refractivity contribution in [3.05, 3.63) is 0 Å². The van der Waals surface area contributed by atoms with E-state index < -0.39 is 51.9 Å². The molecule has 0 aromatic rings. The van der Waals surface area contributed by atoms with Gasteiger partial charge in [-0.2, -0.15) is 8.78 Å². The molecule has 0 aromatic carbocycles. The Hall–Kier alpha value is -1.29. The van der Waals surface area contributed by atoms with E-state index in [1.54, 1.807) is 0 Å². The highest BCUT2D eigenvalue weighted by atomic mass is 79.9. The summed E-state index contributed by atoms with van der Waals surface area (Å²) in [5.74, 6) is -6.29. The monoisotopic (exact) mass is 451 g/mol. The van der Waals surface area contributed by atoms with Crippen molar-refractivity contribution in [3.63, 3.8) is 0 Å². The van der Waals surface area contributed by atoms with Crippen LogP contribution in [0.15, 0.2) is 0 Å². The van der Waals surface area contributed by atoms with Crippen LogP contribution in [-0.4, -0.2) is 59.2 Å². The predicted octanol–water partition coefficient (Wildman–Crippen LogP) is 2.46. The van der Waals surface area contributed by atoms with E-state index in [0.29, 0.717) is 17.7 Å². The largest absolute Gasteiger partial charge is 0.459 e. The van der Waals surface area contributed by atoms with Gasteiger partial charge in [-0.15, -0.1) is 0 Å². The number of carbonyl (C=O) groups excluding carboxylic acids is 3. The Kier molecular flexibility index (Phi) is 4.13. The van der Waals surface area contributed by atoms with Gasteiger partial charge in [0.15, 0.2) is 0 Å². The van der Waals surface area contributed by atoms with E-state index in [0.717, 1.165) is 6.42 Å². The molecule has 5 atom stereocenters. The predicted molar refractivity (Wildman–Crippen MR) is 89.0 cm³/mol. The van der Waals surface area contributed by atoms with Crippen LogP contribution >= 0.6 is 15.9 Å². The number of fused-ring (bicyclic) bond motifs is 3. The van der Waals surface area contributed by atoms with Gasteiger partial charge in [0, 0.05) is 0 Å². The standard InChI is InChI=1S/C17H20BrF2NO6/c1-15(2)8-3-4-16(15)9(7-8)25-5-6-26-13(23)17(19,20)10-11(18)21(12(16)22)14(24)27-10/h8-11H,3-7H2,1-2H3/t8-,9-,10-,11-,16+/m1/s1. The van der Waals surface area contributed by atoms with E-state index in [1.165, 1.54) is 0 Å². The number of amides is 2. The second kappa shape index (κ2) is 5.85. The number of esters is 1. The SMILES string of the molecule is CC1(C)[C@@H]2CC[C@]13C(=O)N1C(=O)O[C@H]([C@@H]1Br)C(F)(F)C(=O)OCCO[C@@H]3C2. The van der Waals surface area contributed by atoms with Crippen molar-refractivity contribution in [1.82, 2.24) is 4.90 Å². The van der Waals surface area contributed by atoms with Crippen LogP contribution in [0.1, 0.15) is 33.1 Å². The maximum absolute atomic E-state index is 14.5. The van der Waals surface area contributed by atoms with Crippen molar-refractivity contribution in [1.29, 1.82) is 0 Å². The third kappa shape index (κ3) is 2.28. The van der Waals surface area contributed by atoms with Gasteiger partial charge in [-0.05, 0) is 30.6 Å². The zero-order chi connectivity index (χ0) is 19.8. The number of carbonyl (C=O) groups is 3. The minimum absolute atomic E-state index is 0.0957. The molecule has 2 heterocycles. The van der Waals surface area contributed by atoms with Crippen LogP contribution in [0, 0.1) is 16.7 Å². The maximum Gasteiger partial charge on any atom is 0.418 e. The second-order valence-electron chi connectivity index (χ2n) is 8.13. The molecule has 150 valence electrons. The highest BCUT2D eigenvalue weighted by molar-refractivity contribution is 9.09. The van der Waals surface area contributed by atoms with Crippen molar-refractivity contribution in [2.75, 3.05) is 13.2 Å². The number of hydrogen-bond acceptors (Lipinski definition) is 6. The first-order valence-corrected chi connectivity index (χ1v) is 9.81. The van der Waals surface area contributed by atoms with E-state index in [9.17, 15) is 23.2 Å². The van der Waals surface area contributed by atoms with Gasteiger partial charge < -0.3 is 14.2 Å². The molecule has 2 saturated carbocycles. The molecule has 0 radical (unpaired) electrons. The van der Waals surface area contributed by atoms with Gasteiger partial charge in [0.05, 0.1) is 18.1 Å². The fraction of sp³-hybridized carbons (Fsp3) is 0.824. The molecular weight excluding hydrogens is 432 g/mol. The smallest absolute Gasteiger partial charge is 0.418 e. The lowest BCUT2D eigenvalue weighted by Gasteiger charge is -2.42. The van der Waals surface area contributed by atoms with E-state index in [1.807, 2.05) is 13.8 Å². The average Bonchev–Trinajstić information content (AvgIpc) is 3.12. The quantitative estimate of drug-likeness (QED) is 0.319. The fourth-order valence-electron chi connectivity index (χ4n) is 5.28. The van der Waals surface area contributed by atoms with E-state index >= 15 is 0 Å². The van der Waals surface area contributed by atoms with E-state index in [4.69, 9.17) is 9.47 Å². The summed E-state index contributed by atoms with van der Waals surface area (Å²) < 4.78 is 44.2. The molecule has 4 fully saturated rings. The van der Waals surface area contributed by atoms with Crippen LogP contribution in [0.5, 0.6) is 0 Å². The first-order valence-electron chi connectivity index (χ1n) is 8.90. The molecule has 4 aliphatic rings. The summed E-state index contributed by atoms with van der Waals surface area (Å²) >= 11 is 2.99. The van der Waals surface area contributed by atoms with Crippen LogP contribution in [0.4, 0.5) is 13.6 Å². The Morgan fingerprint density at radius 3 is 2.56 bits per heavy atom. The highest BCUT2D eigenvalue weighted by Crippen LogP contribution is 2.67. The Bertz CT molecular complexity index is 716. The number of imide groups is 1. The van der Waals surface area contributed by atoms with Gasteiger partial charge in [0.1, 0.15) is 11.6 Å². The number of nitrogens with zero attached hydrogens (tertiary/aromatic N) is 1. The molecule has 4 bridgehead atoms. The summed E-state index contributed by atoms with van der Waals surface area (Å²) in [6.07, 6.45) is -1.91. The molecule has 7 nitrogen and oxygen atoms in total. The fourth-order valence-corrected chi connectivity index (χ4v) is 6.07. The van der Waals surface area contributed by atoms with Crippen molar-refractivity contribution in [2.24, 2.45) is 16.7 Å². The van der Waals surface area contributed by atoms with Crippen LogP contribution in [-0.2, 0) is 23.8 Å². The lowest BCUT2D eigenvalue weighted by Crippen LogP contribution is -2.57. The van der Waals surface area contributed by atoms with Gasteiger partial charge in [0.25, 0.3) is 0 Å². The first-order chi connectivity index (χ1) is 12.5. The van der Waals surface area contributed by atoms with Gasteiger partial charge in [-0.25, -0.2) is 14.5 Å². The molecule has 0 unspecified atom stereocenters. The zero-order valence-electron chi connectivity index (χ0n) is 14.9. The molecule has 2 saturated heterocycles. The van der Waals surface area contributed by atoms with Crippen LogP contribution < -0.4 is 0 Å². The molecule has 4 rings (SSSR count). The zero-order valence-corrected chi connectivity index (χ0v) is 16.5. The first kappa shape index (κ1) is 19.0. The minimum Gasteiger partial charge on any atom is -0.459 e. The number of cyclic esters (lactones) is 1. The van der Waals surface area contributed by atoms with Crippen molar-refractivity contribution in [2.45, 2.75) is 56.2 Å². The molecule has 0 aromatic heterocycles. The van der Waals surface area contributed by atoms with Crippen LogP contribution in [0.3, 0.4) is 0 Å². The number of halogens is 3. The average molecular weight is 452 g/mol. The minimum atomic E-state index is -4.10. The summed E-state index contributed by atoms with van der Waals surface area (Å²) in [7, 11) is 0. The Labute approximate surface area is 162 Å². The molecular formula is C17H20BrF2NO6. The second-order valence-corrected chi connectivity index (χ2v) is 9.07. The lowest BCUT2D eigenvalue weighted by molar-refractivity contribution is -0.190. The Morgan fingerprint density at radius 1 is 1.19 bits per heavy atom. The highest BCUT2D eigenvalue weighted by Gasteiger charge is 2.72. The van der Waals surface area contributed by atoms with Gasteiger partial charge >= 0.3 is 18.0 Å². The molecule has 2 amide bonds. The van der Waals surface area contributed by atoms with Crippen LogP contribution in [0.25, 0.3) is 0 Å². The van der Waals surface area contributed by atoms with Crippen LogP contribution in [0.2, 0.25) is 0 Å². The van der Waals surface area contributed by atoms with E-state index in [2.05, 4.69) is 20.7 Å². The van der Waals surface area contributed by atoms with Gasteiger partial charge in [0.2, 0.25) is 12.0 Å². The number of alkyl halides is 3. The molecule has 0 N–H and O–H groups in total. The third-order valence-corrected chi connectivity index (χ3v) is 7.78. The summed E-state index contributed by atoms with van der Waals surface area (Å²) in [6, 6.07) is 0. The Balaban J connectivity index is 1.79. The Morgan fingerprint density at radius 2 is 1.89 bits per heavy atom. The molecule has 27 heavy (non-hydrogen) atoms. The number of rotatable bonds is 0. The van der Waals surface area contributed by atoms with Gasteiger partial charge in [-0.3, -0.25) is 4.79 Å². The van der Waals surface area contributed by atoms with Crippen molar-refractivity contribution in [3.8, 4) is 0 Å². The molecule has 1 spiro atoms. The molecule has 10 heteroatoms. The third-order valence-electron chi connectivity index (χ3n) is 6.89. The summed E-state index contributed by atoms with van der Waals surface area (Å²) in [4.78, 5) is 36.9. The van der Waals surface area contributed by atoms with Crippen molar-refractivity contribution < 1.29 is 37.4 Å².